The van der Waals surface area contributed by atoms with Crippen molar-refractivity contribution in [2.24, 2.45) is 5.92 Å². The maximum atomic E-state index is 12.4. The molecule has 3 heterocycles. The fraction of sp³-hybridized carbons (Fsp3) is 0.625. The van der Waals surface area contributed by atoms with Crippen LogP contribution in [0.15, 0.2) is 18.2 Å². The van der Waals surface area contributed by atoms with E-state index in [9.17, 15) is 13.2 Å². The van der Waals surface area contributed by atoms with E-state index < -0.39 is 14.6 Å². The van der Waals surface area contributed by atoms with Crippen LogP contribution in [0.25, 0.3) is 0 Å². The molecule has 0 aliphatic carbocycles. The Labute approximate surface area is 136 Å². The molecule has 0 unspecified atom stereocenters. The summed E-state index contributed by atoms with van der Waals surface area (Å²) >= 11 is 0. The van der Waals surface area contributed by atoms with Crippen LogP contribution in [0.2, 0.25) is 0 Å². The molecule has 0 bridgehead atoms. The summed E-state index contributed by atoms with van der Waals surface area (Å²) in [4.78, 5) is 17.4. The normalized spacial score (nSPS) is 24.6. The van der Waals surface area contributed by atoms with Gasteiger partial charge in [-0.05, 0) is 25.5 Å². The monoisotopic (exact) mass is 338 g/mol. The van der Waals surface area contributed by atoms with Crippen molar-refractivity contribution in [3.8, 4) is 0 Å². The summed E-state index contributed by atoms with van der Waals surface area (Å²) in [7, 11) is -3.16. The molecule has 7 heteroatoms. The Morgan fingerprint density at radius 2 is 2.17 bits per heavy atom. The molecule has 0 saturated carbocycles. The maximum absolute atomic E-state index is 12.4. The van der Waals surface area contributed by atoms with E-state index in [0.29, 0.717) is 32.7 Å². The number of hydrogen-bond acceptors (Lipinski definition) is 5. The van der Waals surface area contributed by atoms with Crippen LogP contribution in [0.3, 0.4) is 0 Å². The Balaban J connectivity index is 1.62. The van der Waals surface area contributed by atoms with Crippen LogP contribution in [-0.4, -0.2) is 54.4 Å². The molecule has 6 nitrogen and oxygen atoms in total. The molecule has 126 valence electrons. The van der Waals surface area contributed by atoms with Gasteiger partial charge in [-0.15, -0.1) is 0 Å². The Kier molecular flexibility index (Phi) is 4.18. The van der Waals surface area contributed by atoms with Crippen molar-refractivity contribution in [2.75, 3.05) is 25.4 Å². The van der Waals surface area contributed by atoms with Crippen molar-refractivity contribution >= 4 is 15.7 Å². The standard InChI is InChI=1S/C16H22N2O4S/c1-12-4-3-5-15(17-12)9-22-8-14-6-7-23(20,21)16(14)10-18(11-16)13(2)19/h3-5,14H,6-11H2,1-2H3/t14-/m1/s1. The van der Waals surface area contributed by atoms with Gasteiger partial charge >= 0.3 is 0 Å². The number of nitrogens with zero attached hydrogens (tertiary/aromatic N) is 2. The zero-order valence-electron chi connectivity index (χ0n) is 13.5. The lowest BCUT2D eigenvalue weighted by atomic mass is 9.83. The number of pyridine rings is 1. The highest BCUT2D eigenvalue weighted by Crippen LogP contribution is 2.44. The van der Waals surface area contributed by atoms with E-state index in [1.54, 1.807) is 4.90 Å². The van der Waals surface area contributed by atoms with E-state index in [1.807, 2.05) is 25.1 Å². The van der Waals surface area contributed by atoms with Gasteiger partial charge in [0.2, 0.25) is 5.91 Å². The van der Waals surface area contributed by atoms with Crippen LogP contribution in [0.5, 0.6) is 0 Å². The van der Waals surface area contributed by atoms with Gasteiger partial charge in [-0.1, -0.05) is 6.07 Å². The van der Waals surface area contributed by atoms with Crippen LogP contribution in [0, 0.1) is 12.8 Å². The van der Waals surface area contributed by atoms with Crippen molar-refractivity contribution in [3.05, 3.63) is 29.6 Å². The molecule has 2 aliphatic rings. The largest absolute Gasteiger partial charge is 0.375 e. The molecule has 0 N–H and O–H groups in total. The number of sulfone groups is 1. The van der Waals surface area contributed by atoms with Gasteiger partial charge in [0.15, 0.2) is 9.84 Å². The molecule has 1 aromatic rings. The minimum atomic E-state index is -3.16. The Hall–Kier alpha value is -1.47. The summed E-state index contributed by atoms with van der Waals surface area (Å²) in [5.41, 5.74) is 1.78. The number of rotatable bonds is 4. The highest BCUT2D eigenvalue weighted by molar-refractivity contribution is 7.93. The minimum absolute atomic E-state index is 0.0482. The number of carbonyl (C=O) groups is 1. The number of aromatic nitrogens is 1. The number of carbonyl (C=O) groups excluding carboxylic acids is 1. The highest BCUT2D eigenvalue weighted by Gasteiger charge is 2.62. The van der Waals surface area contributed by atoms with E-state index >= 15 is 0 Å². The molecule has 3 rings (SSSR count). The van der Waals surface area contributed by atoms with Gasteiger partial charge in [-0.3, -0.25) is 9.78 Å². The molecule has 1 spiro atoms. The summed E-state index contributed by atoms with van der Waals surface area (Å²) in [6.45, 7) is 4.78. The lowest BCUT2D eigenvalue weighted by Crippen LogP contribution is -2.68. The van der Waals surface area contributed by atoms with Gasteiger partial charge in [-0.25, -0.2) is 8.42 Å². The number of likely N-dealkylation sites (tertiary alicyclic amines) is 1. The fourth-order valence-electron chi connectivity index (χ4n) is 3.52. The average molecular weight is 338 g/mol. The second-order valence-corrected chi connectivity index (χ2v) is 8.98. The average Bonchev–Trinajstić information content (AvgIpc) is 2.68. The van der Waals surface area contributed by atoms with E-state index in [0.717, 1.165) is 11.4 Å². The summed E-state index contributed by atoms with van der Waals surface area (Å²) in [5, 5.41) is 0. The molecular weight excluding hydrogens is 316 g/mol. The molecule has 2 fully saturated rings. The first-order chi connectivity index (χ1) is 10.8. The summed E-state index contributed by atoms with van der Waals surface area (Å²) in [6.07, 6.45) is 0.606. The highest BCUT2D eigenvalue weighted by atomic mass is 32.2. The molecule has 1 amide bonds. The molecule has 1 aromatic heterocycles. The predicted molar refractivity (Wildman–Crippen MR) is 85.5 cm³/mol. The van der Waals surface area contributed by atoms with Crippen molar-refractivity contribution in [3.63, 3.8) is 0 Å². The zero-order chi connectivity index (χ0) is 16.7. The van der Waals surface area contributed by atoms with E-state index in [-0.39, 0.29) is 17.6 Å². The van der Waals surface area contributed by atoms with Gasteiger partial charge in [0.1, 0.15) is 4.75 Å². The van der Waals surface area contributed by atoms with Crippen molar-refractivity contribution in [1.82, 2.24) is 9.88 Å². The number of ether oxygens (including phenoxy) is 1. The van der Waals surface area contributed by atoms with Gasteiger partial charge in [0.25, 0.3) is 0 Å². The quantitative estimate of drug-likeness (QED) is 0.817. The Bertz CT molecular complexity index is 711. The molecular formula is C16H22N2O4S. The molecule has 2 aliphatic heterocycles. The van der Waals surface area contributed by atoms with Crippen molar-refractivity contribution < 1.29 is 17.9 Å². The molecule has 0 radical (unpaired) electrons. The van der Waals surface area contributed by atoms with Crippen LogP contribution < -0.4 is 0 Å². The molecule has 2 saturated heterocycles. The van der Waals surface area contributed by atoms with Crippen LogP contribution in [-0.2, 0) is 26.0 Å². The maximum Gasteiger partial charge on any atom is 0.219 e. The third kappa shape index (κ3) is 2.87. The van der Waals surface area contributed by atoms with E-state index in [1.165, 1.54) is 6.92 Å². The third-order valence-corrected chi connectivity index (χ3v) is 7.58. The lowest BCUT2D eigenvalue weighted by Gasteiger charge is -2.49. The smallest absolute Gasteiger partial charge is 0.219 e. The number of amides is 1. The molecule has 0 aromatic carbocycles. The minimum Gasteiger partial charge on any atom is -0.375 e. The van der Waals surface area contributed by atoms with Crippen molar-refractivity contribution in [2.45, 2.75) is 31.6 Å². The van der Waals surface area contributed by atoms with Gasteiger partial charge < -0.3 is 9.64 Å². The van der Waals surface area contributed by atoms with Crippen LogP contribution in [0.4, 0.5) is 0 Å². The second-order valence-electron chi connectivity index (χ2n) is 6.53. The third-order valence-electron chi connectivity index (χ3n) is 4.98. The van der Waals surface area contributed by atoms with Gasteiger partial charge in [0, 0.05) is 31.6 Å². The first-order valence-electron chi connectivity index (χ1n) is 7.82. The summed E-state index contributed by atoms with van der Waals surface area (Å²) in [6, 6.07) is 5.75. The Morgan fingerprint density at radius 3 is 2.83 bits per heavy atom. The Morgan fingerprint density at radius 1 is 1.43 bits per heavy atom. The second kappa shape index (κ2) is 5.87. The molecule has 1 atom stereocenters. The predicted octanol–water partition coefficient (Wildman–Crippen LogP) is 0.942. The van der Waals surface area contributed by atoms with Crippen molar-refractivity contribution in [1.29, 1.82) is 0 Å². The first-order valence-corrected chi connectivity index (χ1v) is 9.47. The molecule has 23 heavy (non-hydrogen) atoms. The summed E-state index contributed by atoms with van der Waals surface area (Å²) in [5.74, 6) is 0.0735. The van der Waals surface area contributed by atoms with E-state index in [2.05, 4.69) is 4.98 Å². The fourth-order valence-corrected chi connectivity index (χ4v) is 5.92. The summed E-state index contributed by atoms with van der Waals surface area (Å²) < 4.78 is 29.8. The topological polar surface area (TPSA) is 76.6 Å². The van der Waals surface area contributed by atoms with E-state index in [4.69, 9.17) is 4.74 Å². The SMILES string of the molecule is CC(=O)N1CC2(C1)[C@@H](COCc1cccc(C)n1)CCS2(=O)=O. The number of aryl methyl sites for hydroxylation is 1. The number of hydrogen-bond donors (Lipinski definition) is 0. The van der Waals surface area contributed by atoms with Gasteiger partial charge in [0.05, 0.1) is 24.7 Å². The lowest BCUT2D eigenvalue weighted by molar-refractivity contribution is -0.135. The van der Waals surface area contributed by atoms with Crippen LogP contribution in [0.1, 0.15) is 24.7 Å². The zero-order valence-corrected chi connectivity index (χ0v) is 14.3. The van der Waals surface area contributed by atoms with Crippen LogP contribution >= 0.6 is 0 Å². The van der Waals surface area contributed by atoms with Gasteiger partial charge in [-0.2, -0.15) is 0 Å². The first kappa shape index (κ1) is 16.4.